The number of nitrogens with one attached hydrogen (secondary N) is 1. The van der Waals surface area contributed by atoms with Crippen molar-refractivity contribution >= 4 is 15.9 Å². The number of amides is 2. The molecule has 0 radical (unpaired) electrons. The largest absolute Gasteiger partial charge is 0.491 e. The molecule has 1 aromatic carbocycles. The predicted octanol–water partition coefficient (Wildman–Crippen LogP) is 2.54. The second kappa shape index (κ2) is 8.75. The van der Waals surface area contributed by atoms with Crippen LogP contribution in [0.1, 0.15) is 30.9 Å². The highest BCUT2D eigenvalue weighted by Gasteiger charge is 2.26. The molecule has 1 aromatic rings. The number of likely N-dealkylation sites (tertiary alicyclic amines) is 1. The van der Waals surface area contributed by atoms with Gasteiger partial charge >= 0.3 is 6.03 Å². The zero-order chi connectivity index (χ0) is 19.3. The maximum Gasteiger partial charge on any atom is 0.317 e. The van der Waals surface area contributed by atoms with Crippen LogP contribution >= 0.6 is 0 Å². The van der Waals surface area contributed by atoms with Crippen molar-refractivity contribution in [1.82, 2.24) is 10.2 Å². The Hall–Kier alpha value is -1.76. The minimum Gasteiger partial charge on any atom is -0.491 e. The minimum atomic E-state index is -3.02. The van der Waals surface area contributed by atoms with Gasteiger partial charge in [0.25, 0.3) is 0 Å². The lowest BCUT2D eigenvalue weighted by atomic mass is 10.0. The molecule has 0 bridgehead atoms. The van der Waals surface area contributed by atoms with Crippen molar-refractivity contribution in [2.75, 3.05) is 31.7 Å². The molecule has 0 spiro atoms. The van der Waals surface area contributed by atoms with Gasteiger partial charge in [-0.15, -0.1) is 0 Å². The second-order valence-corrected chi connectivity index (χ2v) is 9.61. The summed E-state index contributed by atoms with van der Waals surface area (Å²) < 4.78 is 28.9. The van der Waals surface area contributed by atoms with Crippen molar-refractivity contribution in [1.29, 1.82) is 0 Å². The Morgan fingerprint density at radius 1 is 1.35 bits per heavy atom. The molecule has 0 aromatic heterocycles. The summed E-state index contributed by atoms with van der Waals surface area (Å²) in [5, 5.41) is 2.95. The van der Waals surface area contributed by atoms with Crippen LogP contribution < -0.4 is 10.1 Å². The van der Waals surface area contributed by atoms with Crippen LogP contribution in [0, 0.1) is 19.8 Å². The molecular formula is C19H30N2O4S. The molecule has 1 saturated heterocycles. The second-order valence-electron chi connectivity index (χ2n) is 7.43. The van der Waals surface area contributed by atoms with Crippen LogP contribution in [0.2, 0.25) is 0 Å². The van der Waals surface area contributed by atoms with E-state index in [4.69, 9.17) is 4.74 Å². The van der Waals surface area contributed by atoms with Gasteiger partial charge in [0.1, 0.15) is 22.2 Å². The number of hydrogen-bond donors (Lipinski definition) is 1. The first-order chi connectivity index (χ1) is 12.2. The third kappa shape index (κ3) is 6.20. The number of rotatable bonds is 6. The number of benzene rings is 1. The first-order valence-corrected chi connectivity index (χ1v) is 11.1. The molecule has 0 aliphatic carbocycles. The maximum absolute atomic E-state index is 12.5. The minimum absolute atomic E-state index is 0.0191. The summed E-state index contributed by atoms with van der Waals surface area (Å²) >= 11 is 0. The number of piperidine rings is 1. The van der Waals surface area contributed by atoms with Crippen LogP contribution in [0.15, 0.2) is 18.2 Å². The Morgan fingerprint density at radius 2 is 2.00 bits per heavy atom. The van der Waals surface area contributed by atoms with E-state index >= 15 is 0 Å². The normalized spacial score (nSPS) is 19.1. The Balaban J connectivity index is 1.84. The molecule has 6 nitrogen and oxygen atoms in total. The van der Waals surface area contributed by atoms with E-state index in [1.54, 1.807) is 4.90 Å². The monoisotopic (exact) mass is 382 g/mol. The summed E-state index contributed by atoms with van der Waals surface area (Å²) in [4.78, 5) is 14.2. The smallest absolute Gasteiger partial charge is 0.317 e. The quantitative estimate of drug-likeness (QED) is 0.820. The van der Waals surface area contributed by atoms with Gasteiger partial charge < -0.3 is 15.0 Å². The van der Waals surface area contributed by atoms with Crippen molar-refractivity contribution in [3.8, 4) is 5.75 Å². The van der Waals surface area contributed by atoms with Crippen molar-refractivity contribution < 1.29 is 17.9 Å². The molecular weight excluding hydrogens is 352 g/mol. The van der Waals surface area contributed by atoms with E-state index < -0.39 is 9.84 Å². The van der Waals surface area contributed by atoms with E-state index in [2.05, 4.69) is 5.32 Å². The van der Waals surface area contributed by atoms with E-state index in [1.807, 2.05) is 39.0 Å². The number of carbonyl (C=O) groups excluding carboxylic acids is 1. The van der Waals surface area contributed by atoms with E-state index in [-0.39, 0.29) is 23.7 Å². The molecule has 2 atom stereocenters. The molecule has 2 amide bonds. The summed E-state index contributed by atoms with van der Waals surface area (Å²) in [5.74, 6) is 1.02. The third-order valence-electron chi connectivity index (χ3n) is 4.60. The van der Waals surface area contributed by atoms with Gasteiger partial charge in [0, 0.05) is 19.3 Å². The van der Waals surface area contributed by atoms with Gasteiger partial charge in [-0.25, -0.2) is 13.2 Å². The van der Waals surface area contributed by atoms with Crippen LogP contribution in [0.25, 0.3) is 0 Å². The van der Waals surface area contributed by atoms with Crippen LogP contribution in [-0.4, -0.2) is 57.1 Å². The van der Waals surface area contributed by atoms with Gasteiger partial charge in [-0.05, 0) is 50.7 Å². The van der Waals surface area contributed by atoms with Crippen LogP contribution in [0.4, 0.5) is 4.79 Å². The van der Waals surface area contributed by atoms with Gasteiger partial charge in [0.15, 0.2) is 0 Å². The summed E-state index contributed by atoms with van der Waals surface area (Å²) in [5.41, 5.74) is 2.14. The van der Waals surface area contributed by atoms with Gasteiger partial charge in [-0.1, -0.05) is 18.2 Å². The lowest BCUT2D eigenvalue weighted by molar-refractivity contribution is 0.162. The Morgan fingerprint density at radius 3 is 2.62 bits per heavy atom. The van der Waals surface area contributed by atoms with E-state index in [1.165, 1.54) is 6.26 Å². The van der Waals surface area contributed by atoms with E-state index in [0.717, 1.165) is 29.7 Å². The molecule has 2 rings (SSSR count). The molecule has 0 saturated carbocycles. The number of urea groups is 1. The number of para-hydroxylation sites is 1. The van der Waals surface area contributed by atoms with Crippen LogP contribution in [-0.2, 0) is 9.84 Å². The first-order valence-electron chi connectivity index (χ1n) is 9.08. The maximum atomic E-state index is 12.5. The molecule has 1 fully saturated rings. The summed E-state index contributed by atoms with van der Waals surface area (Å²) in [6, 6.07) is 5.70. The van der Waals surface area contributed by atoms with Crippen molar-refractivity contribution in [2.45, 2.75) is 39.7 Å². The number of hydrogen-bond acceptors (Lipinski definition) is 4. The molecule has 26 heavy (non-hydrogen) atoms. The highest BCUT2D eigenvalue weighted by Crippen LogP contribution is 2.22. The average Bonchev–Trinajstić information content (AvgIpc) is 2.53. The topological polar surface area (TPSA) is 75.7 Å². The fraction of sp³-hybridized carbons (Fsp3) is 0.632. The van der Waals surface area contributed by atoms with Crippen molar-refractivity contribution in [3.63, 3.8) is 0 Å². The van der Waals surface area contributed by atoms with E-state index in [0.29, 0.717) is 19.7 Å². The number of sulfone groups is 1. The molecule has 1 aliphatic heterocycles. The molecule has 1 N–H and O–H groups in total. The molecule has 1 heterocycles. The number of carbonyl (C=O) groups is 1. The van der Waals surface area contributed by atoms with Crippen molar-refractivity contribution in [3.05, 3.63) is 29.3 Å². The molecule has 2 unspecified atom stereocenters. The Labute approximate surface area is 156 Å². The molecule has 7 heteroatoms. The van der Waals surface area contributed by atoms with E-state index in [9.17, 15) is 13.2 Å². The summed E-state index contributed by atoms with van der Waals surface area (Å²) in [6.07, 6.45) is 2.93. The number of ether oxygens (including phenoxy) is 1. The molecule has 146 valence electrons. The summed E-state index contributed by atoms with van der Waals surface area (Å²) in [6.45, 7) is 7.45. The zero-order valence-electron chi connectivity index (χ0n) is 16.1. The fourth-order valence-corrected chi connectivity index (χ4v) is 4.52. The highest BCUT2D eigenvalue weighted by molar-refractivity contribution is 7.90. The van der Waals surface area contributed by atoms with Gasteiger partial charge in [0.05, 0.1) is 11.8 Å². The first kappa shape index (κ1) is 20.6. The lowest BCUT2D eigenvalue weighted by Gasteiger charge is -2.33. The zero-order valence-corrected chi connectivity index (χ0v) is 16.9. The number of aryl methyl sites for hydroxylation is 2. The van der Waals surface area contributed by atoms with Crippen molar-refractivity contribution in [2.24, 2.45) is 5.92 Å². The third-order valence-corrected chi connectivity index (χ3v) is 5.68. The molecule has 1 aliphatic rings. The fourth-order valence-electron chi connectivity index (χ4n) is 3.39. The van der Waals surface area contributed by atoms with Crippen LogP contribution in [0.3, 0.4) is 0 Å². The van der Waals surface area contributed by atoms with Gasteiger partial charge in [-0.2, -0.15) is 0 Å². The number of nitrogens with zero attached hydrogens (tertiary/aromatic N) is 1. The Bertz CT molecular complexity index is 713. The average molecular weight is 383 g/mol. The lowest BCUT2D eigenvalue weighted by Crippen LogP contribution is -2.50. The standard InChI is InChI=1S/C19H30N2O4S/c1-14-7-5-8-15(2)18(14)25-12-16(3)20-19(22)21-10-6-9-17(11-21)13-26(4,23)24/h5,7-8,16-17H,6,9-13H2,1-4H3,(H,20,22). The Kier molecular flexibility index (Phi) is 6.92. The SMILES string of the molecule is Cc1cccc(C)c1OCC(C)NC(=O)N1CCCC(CS(C)(=O)=O)C1. The van der Waals surface area contributed by atoms with Crippen LogP contribution in [0.5, 0.6) is 5.75 Å². The van der Waals surface area contributed by atoms with Gasteiger partial charge in [0.2, 0.25) is 0 Å². The summed E-state index contributed by atoms with van der Waals surface area (Å²) in [7, 11) is -3.02. The van der Waals surface area contributed by atoms with Gasteiger partial charge in [-0.3, -0.25) is 0 Å². The predicted molar refractivity (Wildman–Crippen MR) is 103 cm³/mol. The highest BCUT2D eigenvalue weighted by atomic mass is 32.2.